The summed E-state index contributed by atoms with van der Waals surface area (Å²) in [6.45, 7) is 4.48. The van der Waals surface area contributed by atoms with Gasteiger partial charge in [-0.2, -0.15) is 0 Å². The molecule has 3 N–H and O–H groups in total. The van der Waals surface area contributed by atoms with Crippen LogP contribution >= 0.6 is 7.82 Å². The highest BCUT2D eigenvalue weighted by atomic mass is 31.2. The number of carbonyl (C=O) groups is 1. The van der Waals surface area contributed by atoms with Crippen LogP contribution in [0, 0.1) is 0 Å². The molecular formula is C29H50NO6P. The number of ether oxygens (including phenoxy) is 1. The van der Waals surface area contributed by atoms with E-state index in [1.807, 2.05) is 31.2 Å². The molecule has 0 saturated heterocycles. The highest BCUT2D eigenvalue weighted by Gasteiger charge is 2.20. The summed E-state index contributed by atoms with van der Waals surface area (Å²) >= 11 is 0. The molecule has 1 aromatic rings. The summed E-state index contributed by atoms with van der Waals surface area (Å²) in [7, 11) is -4.61. The van der Waals surface area contributed by atoms with Crippen LogP contribution in [-0.4, -0.2) is 34.9 Å². The van der Waals surface area contributed by atoms with Gasteiger partial charge in [-0.05, 0) is 63.1 Å². The fraction of sp³-hybridized carbons (Fsp3) is 0.690. The molecule has 0 radical (unpaired) electrons. The molecule has 212 valence electrons. The minimum atomic E-state index is -4.61. The second kappa shape index (κ2) is 21.3. The fourth-order valence-corrected chi connectivity index (χ4v) is 4.54. The molecule has 0 heterocycles. The molecule has 0 unspecified atom stereocenters. The Morgan fingerprint density at radius 1 is 0.892 bits per heavy atom. The van der Waals surface area contributed by atoms with Gasteiger partial charge in [0.2, 0.25) is 5.91 Å². The number of hydrogen-bond acceptors (Lipinski definition) is 4. The molecule has 0 aromatic heterocycles. The first-order valence-corrected chi connectivity index (χ1v) is 15.7. The molecule has 1 rings (SSSR count). The minimum Gasteiger partial charge on any atom is -0.494 e. The Bertz CT molecular complexity index is 777. The van der Waals surface area contributed by atoms with E-state index in [1.54, 1.807) is 0 Å². The van der Waals surface area contributed by atoms with Crippen LogP contribution in [0.1, 0.15) is 109 Å². The summed E-state index contributed by atoms with van der Waals surface area (Å²) in [5, 5.41) is 2.88. The van der Waals surface area contributed by atoms with E-state index < -0.39 is 13.9 Å². The number of rotatable bonds is 23. The van der Waals surface area contributed by atoms with Crippen molar-refractivity contribution in [1.29, 1.82) is 0 Å². The Labute approximate surface area is 224 Å². The van der Waals surface area contributed by atoms with E-state index in [2.05, 4.69) is 28.9 Å². The minimum absolute atomic E-state index is 0.122. The van der Waals surface area contributed by atoms with Gasteiger partial charge in [-0.15, -0.1) is 0 Å². The van der Waals surface area contributed by atoms with E-state index in [4.69, 9.17) is 14.5 Å². The van der Waals surface area contributed by atoms with Gasteiger partial charge in [-0.1, -0.05) is 82.6 Å². The first kappa shape index (κ1) is 33.4. The summed E-state index contributed by atoms with van der Waals surface area (Å²) in [6.07, 6.45) is 21.1. The van der Waals surface area contributed by atoms with Gasteiger partial charge in [-0.25, -0.2) is 4.57 Å². The molecule has 1 atom stereocenters. The second-order valence-electron chi connectivity index (χ2n) is 9.67. The second-order valence-corrected chi connectivity index (χ2v) is 10.9. The SMILES string of the molecule is CCCCCCCCC=CCCCCCCCC(=O)N[C@H](COP(=O)(O)O)Cc1ccc(OCC)cc1. The molecule has 1 aromatic carbocycles. The Morgan fingerprint density at radius 3 is 2.03 bits per heavy atom. The molecule has 0 bridgehead atoms. The van der Waals surface area contributed by atoms with Crippen molar-refractivity contribution in [2.24, 2.45) is 0 Å². The number of benzene rings is 1. The van der Waals surface area contributed by atoms with Crippen molar-refractivity contribution < 1.29 is 28.4 Å². The van der Waals surface area contributed by atoms with Crippen LogP contribution in [0.5, 0.6) is 5.75 Å². The van der Waals surface area contributed by atoms with Crippen LogP contribution < -0.4 is 10.1 Å². The van der Waals surface area contributed by atoms with Crippen molar-refractivity contribution in [2.75, 3.05) is 13.2 Å². The summed E-state index contributed by atoms with van der Waals surface area (Å²) in [6, 6.07) is 6.91. The topological polar surface area (TPSA) is 105 Å². The quantitative estimate of drug-likeness (QED) is 0.0768. The largest absolute Gasteiger partial charge is 0.494 e. The number of allylic oxidation sites excluding steroid dienone is 2. The lowest BCUT2D eigenvalue weighted by Gasteiger charge is -2.19. The number of phosphoric acid groups is 1. The number of hydrogen-bond donors (Lipinski definition) is 3. The van der Waals surface area contributed by atoms with Crippen molar-refractivity contribution in [3.63, 3.8) is 0 Å². The summed E-state index contributed by atoms with van der Waals surface area (Å²) < 4.78 is 21.3. The zero-order valence-corrected chi connectivity index (χ0v) is 23.9. The van der Waals surface area contributed by atoms with E-state index in [0.29, 0.717) is 19.4 Å². The van der Waals surface area contributed by atoms with Crippen LogP contribution in [0.25, 0.3) is 0 Å². The number of amides is 1. The molecule has 0 aliphatic carbocycles. The van der Waals surface area contributed by atoms with E-state index in [0.717, 1.165) is 37.0 Å². The lowest BCUT2D eigenvalue weighted by Crippen LogP contribution is -2.39. The summed E-state index contributed by atoms with van der Waals surface area (Å²) in [4.78, 5) is 30.6. The van der Waals surface area contributed by atoms with Crippen molar-refractivity contribution in [3.8, 4) is 5.75 Å². The molecule has 0 aliphatic heterocycles. The highest BCUT2D eigenvalue weighted by Crippen LogP contribution is 2.35. The van der Waals surface area contributed by atoms with Crippen LogP contribution in [-0.2, 0) is 20.3 Å². The maximum absolute atomic E-state index is 12.5. The third-order valence-electron chi connectivity index (χ3n) is 6.19. The van der Waals surface area contributed by atoms with E-state index in [9.17, 15) is 9.36 Å². The Kier molecular flexibility index (Phi) is 19.2. The molecule has 0 spiro atoms. The van der Waals surface area contributed by atoms with Crippen LogP contribution in [0.15, 0.2) is 36.4 Å². The van der Waals surface area contributed by atoms with Crippen LogP contribution in [0.4, 0.5) is 0 Å². The average Bonchev–Trinajstić information content (AvgIpc) is 2.86. The Morgan fingerprint density at radius 2 is 1.46 bits per heavy atom. The third kappa shape index (κ3) is 20.0. The van der Waals surface area contributed by atoms with Crippen molar-refractivity contribution in [1.82, 2.24) is 5.32 Å². The molecule has 0 aliphatic rings. The maximum atomic E-state index is 12.5. The molecular weight excluding hydrogens is 489 g/mol. The van der Waals surface area contributed by atoms with E-state index in [-0.39, 0.29) is 12.5 Å². The van der Waals surface area contributed by atoms with Crippen LogP contribution in [0.2, 0.25) is 0 Å². The normalized spacial score (nSPS) is 12.6. The van der Waals surface area contributed by atoms with Gasteiger partial charge >= 0.3 is 7.82 Å². The van der Waals surface area contributed by atoms with Crippen molar-refractivity contribution in [3.05, 3.63) is 42.0 Å². The lowest BCUT2D eigenvalue weighted by molar-refractivity contribution is -0.122. The maximum Gasteiger partial charge on any atom is 0.469 e. The van der Waals surface area contributed by atoms with Crippen molar-refractivity contribution >= 4 is 13.7 Å². The lowest BCUT2D eigenvalue weighted by atomic mass is 10.1. The molecule has 0 fully saturated rings. The monoisotopic (exact) mass is 539 g/mol. The highest BCUT2D eigenvalue weighted by molar-refractivity contribution is 7.46. The molecule has 0 saturated carbocycles. The van der Waals surface area contributed by atoms with Gasteiger partial charge in [0.25, 0.3) is 0 Å². The summed E-state index contributed by atoms with van der Waals surface area (Å²) in [5.41, 5.74) is 0.920. The molecule has 1 amide bonds. The number of unbranched alkanes of at least 4 members (excludes halogenated alkanes) is 11. The van der Waals surface area contributed by atoms with Gasteiger partial charge in [-0.3, -0.25) is 9.32 Å². The summed E-state index contributed by atoms with van der Waals surface area (Å²) in [5.74, 6) is 0.630. The zero-order valence-electron chi connectivity index (χ0n) is 23.0. The zero-order chi connectivity index (χ0) is 27.2. The van der Waals surface area contributed by atoms with E-state index >= 15 is 0 Å². The molecule has 37 heavy (non-hydrogen) atoms. The van der Waals surface area contributed by atoms with Crippen molar-refractivity contribution in [2.45, 2.75) is 116 Å². The first-order chi connectivity index (χ1) is 17.8. The Balaban J connectivity index is 2.22. The first-order valence-electron chi connectivity index (χ1n) is 14.2. The molecule has 8 heteroatoms. The van der Waals surface area contributed by atoms with Gasteiger partial charge in [0, 0.05) is 6.42 Å². The van der Waals surface area contributed by atoms with Gasteiger partial charge in [0.15, 0.2) is 0 Å². The number of phosphoric ester groups is 1. The fourth-order valence-electron chi connectivity index (χ4n) is 4.17. The average molecular weight is 540 g/mol. The predicted molar refractivity (Wildman–Crippen MR) is 151 cm³/mol. The number of carbonyl (C=O) groups excluding carboxylic acids is 1. The van der Waals surface area contributed by atoms with Gasteiger partial charge in [0.1, 0.15) is 5.75 Å². The van der Waals surface area contributed by atoms with E-state index in [1.165, 1.54) is 57.8 Å². The smallest absolute Gasteiger partial charge is 0.469 e. The van der Waals surface area contributed by atoms with Gasteiger partial charge in [0.05, 0.1) is 19.3 Å². The van der Waals surface area contributed by atoms with Crippen LogP contribution in [0.3, 0.4) is 0 Å². The standard InChI is InChI=1S/C29H50NO6P/c1-3-5-6-7-8-9-10-11-12-13-14-15-16-17-18-19-29(31)30-27(25-36-37(32,33)34)24-26-20-22-28(23-21-26)35-4-2/h11-12,20-23,27H,3-10,13-19,24-25H2,1-2H3,(H,30,31)(H2,32,33,34)/t27-/m0/s1. The van der Waals surface area contributed by atoms with Gasteiger partial charge < -0.3 is 19.8 Å². The number of nitrogens with one attached hydrogen (secondary N) is 1. The third-order valence-corrected chi connectivity index (χ3v) is 6.68. The predicted octanol–water partition coefficient (Wildman–Crippen LogP) is 7.26. The molecule has 7 nitrogen and oxygen atoms in total. The Hall–Kier alpha value is -1.66.